The van der Waals surface area contributed by atoms with Gasteiger partial charge in [-0.3, -0.25) is 4.79 Å². The number of carbonyl (C=O) groups excluding carboxylic acids is 1. The zero-order valence-corrected chi connectivity index (χ0v) is 7.05. The van der Waals surface area contributed by atoms with Crippen LogP contribution in [0.5, 0.6) is 0 Å². The molecule has 64 valence electrons. The quantitative estimate of drug-likeness (QED) is 0.364. The fourth-order valence-corrected chi connectivity index (χ4v) is 0.892. The molecule has 2 nitrogen and oxygen atoms in total. The third-order valence-electron chi connectivity index (χ3n) is 1.54. The second kappa shape index (κ2) is 7.32. The maximum atomic E-state index is 10.8. The van der Waals surface area contributed by atoms with Crippen LogP contribution in [0.3, 0.4) is 0 Å². The molecule has 2 heteroatoms. The second-order valence-electron chi connectivity index (χ2n) is 2.59. The van der Waals surface area contributed by atoms with E-state index < -0.39 is 0 Å². The summed E-state index contributed by atoms with van der Waals surface area (Å²) in [5.74, 6) is 0.0172. The van der Waals surface area contributed by atoms with Crippen molar-refractivity contribution in [3.63, 3.8) is 0 Å². The lowest BCUT2D eigenvalue weighted by molar-refractivity contribution is -0.114. The third kappa shape index (κ3) is 7.10. The molecule has 0 aliphatic rings. The molecule has 1 N–H and O–H groups in total. The van der Waals surface area contributed by atoms with E-state index in [1.54, 1.807) is 0 Å². The van der Waals surface area contributed by atoms with Gasteiger partial charge in [0.15, 0.2) is 5.78 Å². The Morgan fingerprint density at radius 1 is 1.36 bits per heavy atom. The molecule has 0 fully saturated rings. The SMILES string of the molecule is CCCCCCC(=O)/C=C\O. The minimum absolute atomic E-state index is 0.0172. The Morgan fingerprint density at radius 2 is 2.09 bits per heavy atom. The first kappa shape index (κ1) is 10.2. The van der Waals surface area contributed by atoms with Gasteiger partial charge in [-0.2, -0.15) is 0 Å². The number of carbonyl (C=O) groups is 1. The van der Waals surface area contributed by atoms with Crippen LogP contribution in [-0.2, 0) is 4.79 Å². The van der Waals surface area contributed by atoms with Gasteiger partial charge in [0.05, 0.1) is 6.26 Å². The van der Waals surface area contributed by atoms with E-state index in [0.717, 1.165) is 19.1 Å². The van der Waals surface area contributed by atoms with Crippen molar-refractivity contribution in [2.24, 2.45) is 0 Å². The molecule has 0 aliphatic carbocycles. The molecule has 0 amide bonds. The lowest BCUT2D eigenvalue weighted by atomic mass is 10.1. The molecule has 0 saturated carbocycles. The van der Waals surface area contributed by atoms with Crippen molar-refractivity contribution < 1.29 is 9.90 Å². The van der Waals surface area contributed by atoms with Gasteiger partial charge in [-0.25, -0.2) is 0 Å². The molecule has 0 unspecified atom stereocenters. The molecular weight excluding hydrogens is 140 g/mol. The summed E-state index contributed by atoms with van der Waals surface area (Å²) in [6.07, 6.45) is 7.02. The summed E-state index contributed by atoms with van der Waals surface area (Å²) in [5.41, 5.74) is 0. The number of ketones is 1. The van der Waals surface area contributed by atoms with Crippen LogP contribution < -0.4 is 0 Å². The van der Waals surface area contributed by atoms with Crippen molar-refractivity contribution in [2.75, 3.05) is 0 Å². The molecule has 0 bridgehead atoms. The van der Waals surface area contributed by atoms with E-state index in [9.17, 15) is 4.79 Å². The van der Waals surface area contributed by atoms with Crippen LogP contribution in [-0.4, -0.2) is 10.9 Å². The first-order chi connectivity index (χ1) is 5.31. The van der Waals surface area contributed by atoms with Crippen LogP contribution in [0.2, 0.25) is 0 Å². The first-order valence-corrected chi connectivity index (χ1v) is 4.14. The predicted molar refractivity (Wildman–Crippen MR) is 45.5 cm³/mol. The predicted octanol–water partition coefficient (Wildman–Crippen LogP) is 2.60. The number of allylic oxidation sites excluding steroid dienone is 1. The van der Waals surface area contributed by atoms with Gasteiger partial charge in [0.25, 0.3) is 0 Å². The fraction of sp³-hybridized carbons (Fsp3) is 0.667. The molecule has 0 spiro atoms. The van der Waals surface area contributed by atoms with Crippen molar-refractivity contribution in [1.29, 1.82) is 0 Å². The molecule has 0 aromatic rings. The number of aliphatic hydroxyl groups excluding tert-OH is 1. The second-order valence-corrected chi connectivity index (χ2v) is 2.59. The topological polar surface area (TPSA) is 37.3 Å². The minimum atomic E-state index is 0.0172. The lowest BCUT2D eigenvalue weighted by Gasteiger charge is -1.94. The van der Waals surface area contributed by atoms with Gasteiger partial charge < -0.3 is 5.11 Å². The summed E-state index contributed by atoms with van der Waals surface area (Å²) < 4.78 is 0. The van der Waals surface area contributed by atoms with E-state index >= 15 is 0 Å². The van der Waals surface area contributed by atoms with E-state index in [2.05, 4.69) is 6.92 Å². The Balaban J connectivity index is 3.17. The average molecular weight is 156 g/mol. The third-order valence-corrected chi connectivity index (χ3v) is 1.54. The normalized spacial score (nSPS) is 10.6. The van der Waals surface area contributed by atoms with E-state index in [4.69, 9.17) is 5.11 Å². The zero-order valence-electron chi connectivity index (χ0n) is 7.05. The molecule has 0 saturated heterocycles. The molecule has 0 aromatic carbocycles. The highest BCUT2D eigenvalue weighted by atomic mass is 16.2. The highest BCUT2D eigenvalue weighted by molar-refractivity contribution is 5.89. The zero-order chi connectivity index (χ0) is 8.53. The van der Waals surface area contributed by atoms with Gasteiger partial charge in [0.1, 0.15) is 0 Å². The Bertz CT molecular complexity index is 128. The smallest absolute Gasteiger partial charge is 0.158 e. The van der Waals surface area contributed by atoms with Crippen molar-refractivity contribution in [3.8, 4) is 0 Å². The van der Waals surface area contributed by atoms with Crippen LogP contribution in [0.1, 0.15) is 39.0 Å². The van der Waals surface area contributed by atoms with Crippen LogP contribution in [0.4, 0.5) is 0 Å². The molecule has 0 atom stereocenters. The van der Waals surface area contributed by atoms with Gasteiger partial charge in [0.2, 0.25) is 0 Å². The van der Waals surface area contributed by atoms with Gasteiger partial charge in [-0.05, 0) is 6.42 Å². The van der Waals surface area contributed by atoms with Crippen LogP contribution in [0.25, 0.3) is 0 Å². The van der Waals surface area contributed by atoms with Gasteiger partial charge in [-0.1, -0.05) is 26.2 Å². The lowest BCUT2D eigenvalue weighted by Crippen LogP contribution is -1.91. The summed E-state index contributed by atoms with van der Waals surface area (Å²) in [6, 6.07) is 0. The molecular formula is C9H16O2. The highest BCUT2D eigenvalue weighted by Crippen LogP contribution is 2.02. The Kier molecular flexibility index (Phi) is 6.79. The monoisotopic (exact) mass is 156 g/mol. The van der Waals surface area contributed by atoms with E-state index in [-0.39, 0.29) is 5.78 Å². The molecule has 0 rings (SSSR count). The van der Waals surface area contributed by atoms with E-state index in [0.29, 0.717) is 6.42 Å². The molecule has 11 heavy (non-hydrogen) atoms. The molecule has 0 aromatic heterocycles. The standard InChI is InChI=1S/C9H16O2/c1-2-3-4-5-6-9(11)7-8-10/h7-8,10H,2-6H2,1H3/b8-7-. The number of hydrogen-bond donors (Lipinski definition) is 1. The number of hydrogen-bond acceptors (Lipinski definition) is 2. The van der Waals surface area contributed by atoms with Gasteiger partial charge in [-0.15, -0.1) is 0 Å². The average Bonchev–Trinajstić information content (AvgIpc) is 1.99. The summed E-state index contributed by atoms with van der Waals surface area (Å²) >= 11 is 0. The minimum Gasteiger partial charge on any atom is -0.515 e. The maximum absolute atomic E-state index is 10.8. The number of rotatable bonds is 6. The Morgan fingerprint density at radius 3 is 2.64 bits per heavy atom. The van der Waals surface area contributed by atoms with Crippen LogP contribution in [0.15, 0.2) is 12.3 Å². The summed E-state index contributed by atoms with van der Waals surface area (Å²) in [5, 5.41) is 8.24. The maximum Gasteiger partial charge on any atom is 0.158 e. The highest BCUT2D eigenvalue weighted by Gasteiger charge is 1.95. The number of aliphatic hydroxyl groups is 1. The number of unbranched alkanes of at least 4 members (excludes halogenated alkanes) is 3. The summed E-state index contributed by atoms with van der Waals surface area (Å²) in [7, 11) is 0. The van der Waals surface area contributed by atoms with Gasteiger partial charge in [0, 0.05) is 12.5 Å². The first-order valence-electron chi connectivity index (χ1n) is 4.14. The van der Waals surface area contributed by atoms with Crippen LogP contribution in [0, 0.1) is 0 Å². The Hall–Kier alpha value is -0.790. The van der Waals surface area contributed by atoms with E-state index in [1.165, 1.54) is 18.9 Å². The van der Waals surface area contributed by atoms with Crippen molar-refractivity contribution in [2.45, 2.75) is 39.0 Å². The molecule has 0 aliphatic heterocycles. The molecule has 0 radical (unpaired) electrons. The van der Waals surface area contributed by atoms with Crippen molar-refractivity contribution in [1.82, 2.24) is 0 Å². The van der Waals surface area contributed by atoms with Crippen LogP contribution >= 0.6 is 0 Å². The molecule has 0 heterocycles. The van der Waals surface area contributed by atoms with Crippen molar-refractivity contribution in [3.05, 3.63) is 12.3 Å². The Labute approximate surface area is 67.9 Å². The fourth-order valence-electron chi connectivity index (χ4n) is 0.892. The van der Waals surface area contributed by atoms with E-state index in [1.807, 2.05) is 0 Å². The van der Waals surface area contributed by atoms with Crippen molar-refractivity contribution >= 4 is 5.78 Å². The largest absolute Gasteiger partial charge is 0.515 e. The summed E-state index contributed by atoms with van der Waals surface area (Å²) in [4.78, 5) is 10.8. The summed E-state index contributed by atoms with van der Waals surface area (Å²) in [6.45, 7) is 2.13. The van der Waals surface area contributed by atoms with Gasteiger partial charge >= 0.3 is 0 Å².